The molecule has 0 spiro atoms. The highest BCUT2D eigenvalue weighted by molar-refractivity contribution is 7.99. The standard InChI is InChI=1S/C25H30N2O3S/c1-18(14-22-12-8-9-13-24(22)29-4)27(15-21-10-6-5-7-11-21)25(28)17-31-16-23-19(2)26-30-20(23)3/h5-13,18H,14-17H2,1-4H3. The number of benzene rings is 2. The number of hydrogen-bond acceptors (Lipinski definition) is 5. The van der Waals surface area contributed by atoms with Gasteiger partial charge in [-0.15, -0.1) is 11.8 Å². The maximum atomic E-state index is 13.3. The molecule has 1 atom stereocenters. The summed E-state index contributed by atoms with van der Waals surface area (Å²) in [6.07, 6.45) is 0.733. The van der Waals surface area contributed by atoms with Gasteiger partial charge in [-0.3, -0.25) is 4.79 Å². The summed E-state index contributed by atoms with van der Waals surface area (Å²) in [7, 11) is 1.68. The fourth-order valence-electron chi connectivity index (χ4n) is 3.60. The third-order valence-corrected chi connectivity index (χ3v) is 6.35. The molecule has 1 heterocycles. The van der Waals surface area contributed by atoms with Crippen LogP contribution >= 0.6 is 11.8 Å². The minimum atomic E-state index is 0.0312. The molecule has 0 saturated heterocycles. The van der Waals surface area contributed by atoms with Crippen molar-refractivity contribution in [1.82, 2.24) is 10.1 Å². The number of carbonyl (C=O) groups is 1. The topological polar surface area (TPSA) is 55.6 Å². The Balaban J connectivity index is 1.71. The summed E-state index contributed by atoms with van der Waals surface area (Å²) in [5.41, 5.74) is 4.20. The highest BCUT2D eigenvalue weighted by Gasteiger charge is 2.22. The molecule has 0 bridgehead atoms. The molecule has 6 heteroatoms. The van der Waals surface area contributed by atoms with Crippen molar-refractivity contribution >= 4 is 17.7 Å². The summed E-state index contributed by atoms with van der Waals surface area (Å²) in [6, 6.07) is 18.2. The van der Waals surface area contributed by atoms with Gasteiger partial charge in [-0.2, -0.15) is 0 Å². The lowest BCUT2D eigenvalue weighted by atomic mass is 10.0. The molecule has 0 fully saturated rings. The van der Waals surface area contributed by atoms with Crippen molar-refractivity contribution in [2.45, 2.75) is 45.5 Å². The van der Waals surface area contributed by atoms with Crippen LogP contribution in [0.1, 0.15) is 35.1 Å². The molecule has 1 unspecified atom stereocenters. The van der Waals surface area contributed by atoms with E-state index in [-0.39, 0.29) is 11.9 Å². The second kappa shape index (κ2) is 11.0. The van der Waals surface area contributed by atoms with Crippen molar-refractivity contribution in [2.24, 2.45) is 0 Å². The first-order chi connectivity index (χ1) is 15.0. The normalized spacial score (nSPS) is 11.9. The number of aryl methyl sites for hydroxylation is 2. The van der Waals surface area contributed by atoms with Gasteiger partial charge < -0.3 is 14.2 Å². The fraction of sp³-hybridized carbons (Fsp3) is 0.360. The number of carbonyl (C=O) groups excluding carboxylic acids is 1. The molecule has 0 aliphatic carbocycles. The summed E-state index contributed by atoms with van der Waals surface area (Å²) in [5.74, 6) is 2.93. The lowest BCUT2D eigenvalue weighted by molar-refractivity contribution is -0.131. The Labute approximate surface area is 188 Å². The summed E-state index contributed by atoms with van der Waals surface area (Å²) in [6.45, 7) is 6.54. The number of para-hydroxylation sites is 1. The average Bonchev–Trinajstić information content (AvgIpc) is 3.10. The van der Waals surface area contributed by atoms with E-state index in [1.807, 2.05) is 55.1 Å². The van der Waals surface area contributed by atoms with Crippen LogP contribution in [0.5, 0.6) is 5.75 Å². The molecule has 2 aromatic carbocycles. The second-order valence-electron chi connectivity index (χ2n) is 7.67. The quantitative estimate of drug-likeness (QED) is 0.436. The van der Waals surface area contributed by atoms with Gasteiger partial charge in [0.1, 0.15) is 11.5 Å². The van der Waals surface area contributed by atoms with Crippen molar-refractivity contribution < 1.29 is 14.1 Å². The maximum Gasteiger partial charge on any atom is 0.233 e. The van der Waals surface area contributed by atoms with Crippen LogP contribution in [0.2, 0.25) is 0 Å². The van der Waals surface area contributed by atoms with E-state index < -0.39 is 0 Å². The van der Waals surface area contributed by atoms with E-state index in [0.29, 0.717) is 18.1 Å². The van der Waals surface area contributed by atoms with Crippen LogP contribution in [-0.4, -0.2) is 34.9 Å². The van der Waals surface area contributed by atoms with Gasteiger partial charge >= 0.3 is 0 Å². The molecule has 3 rings (SSSR count). The fourth-order valence-corrected chi connectivity index (χ4v) is 4.66. The first kappa shape index (κ1) is 22.9. The molecule has 0 saturated carbocycles. The van der Waals surface area contributed by atoms with E-state index >= 15 is 0 Å². The molecule has 1 amide bonds. The molecule has 3 aromatic rings. The van der Waals surface area contributed by atoms with E-state index in [1.54, 1.807) is 18.9 Å². The van der Waals surface area contributed by atoms with E-state index in [4.69, 9.17) is 9.26 Å². The highest BCUT2D eigenvalue weighted by atomic mass is 32.2. The van der Waals surface area contributed by atoms with E-state index in [9.17, 15) is 4.79 Å². The van der Waals surface area contributed by atoms with Gasteiger partial charge in [0.15, 0.2) is 0 Å². The van der Waals surface area contributed by atoms with Crippen LogP contribution in [0.3, 0.4) is 0 Å². The third kappa shape index (κ3) is 6.14. The van der Waals surface area contributed by atoms with Gasteiger partial charge in [0.25, 0.3) is 0 Å². The summed E-state index contributed by atoms with van der Waals surface area (Å²) < 4.78 is 10.7. The van der Waals surface area contributed by atoms with Crippen LogP contribution in [0.15, 0.2) is 59.1 Å². The lowest BCUT2D eigenvalue weighted by Crippen LogP contribution is -2.40. The Kier molecular flexibility index (Phi) is 8.18. The maximum absolute atomic E-state index is 13.3. The molecule has 0 aliphatic rings. The first-order valence-electron chi connectivity index (χ1n) is 10.4. The van der Waals surface area contributed by atoms with Gasteiger partial charge in [-0.1, -0.05) is 53.7 Å². The van der Waals surface area contributed by atoms with E-state index in [1.165, 1.54) is 0 Å². The molecule has 5 nitrogen and oxygen atoms in total. The molecule has 164 valence electrons. The van der Waals surface area contributed by atoms with Crippen molar-refractivity contribution in [3.8, 4) is 5.75 Å². The number of nitrogens with zero attached hydrogens (tertiary/aromatic N) is 2. The van der Waals surface area contributed by atoms with E-state index in [0.717, 1.165) is 40.3 Å². The van der Waals surface area contributed by atoms with Crippen LogP contribution in [-0.2, 0) is 23.5 Å². The molecular weight excluding hydrogens is 408 g/mol. The Hall–Kier alpha value is -2.73. The number of amides is 1. The SMILES string of the molecule is COc1ccccc1CC(C)N(Cc1ccccc1)C(=O)CSCc1c(C)noc1C. The smallest absolute Gasteiger partial charge is 0.233 e. The van der Waals surface area contributed by atoms with Gasteiger partial charge in [0.2, 0.25) is 5.91 Å². The predicted octanol–water partition coefficient (Wildman–Crippen LogP) is 5.19. The summed E-state index contributed by atoms with van der Waals surface area (Å²) >= 11 is 1.60. The van der Waals surface area contributed by atoms with Crippen molar-refractivity contribution in [1.29, 1.82) is 0 Å². The van der Waals surface area contributed by atoms with Gasteiger partial charge in [0, 0.05) is 23.9 Å². The zero-order chi connectivity index (χ0) is 22.2. The summed E-state index contributed by atoms with van der Waals surface area (Å²) in [4.78, 5) is 15.2. The molecular formula is C25H30N2O3S. The number of thioether (sulfide) groups is 1. The Morgan fingerprint density at radius 2 is 1.84 bits per heavy atom. The average molecular weight is 439 g/mol. The van der Waals surface area contributed by atoms with Crippen molar-refractivity contribution in [2.75, 3.05) is 12.9 Å². The molecule has 0 radical (unpaired) electrons. The van der Waals surface area contributed by atoms with Crippen molar-refractivity contribution in [3.05, 3.63) is 82.7 Å². The van der Waals surface area contributed by atoms with Gasteiger partial charge in [0.05, 0.1) is 18.6 Å². The predicted molar refractivity (Wildman–Crippen MR) is 125 cm³/mol. The Morgan fingerprint density at radius 3 is 2.52 bits per heavy atom. The number of hydrogen-bond donors (Lipinski definition) is 0. The zero-order valence-corrected chi connectivity index (χ0v) is 19.4. The van der Waals surface area contributed by atoms with Crippen molar-refractivity contribution in [3.63, 3.8) is 0 Å². The summed E-state index contributed by atoms with van der Waals surface area (Å²) in [5, 5.41) is 4.00. The van der Waals surface area contributed by atoms with E-state index in [2.05, 4.69) is 30.3 Å². The third-order valence-electron chi connectivity index (χ3n) is 5.41. The minimum Gasteiger partial charge on any atom is -0.496 e. The monoisotopic (exact) mass is 438 g/mol. The Morgan fingerprint density at radius 1 is 1.13 bits per heavy atom. The molecule has 0 N–H and O–H groups in total. The minimum absolute atomic E-state index is 0.0312. The highest BCUT2D eigenvalue weighted by Crippen LogP contribution is 2.23. The van der Waals surface area contributed by atoms with Crippen LogP contribution < -0.4 is 4.74 Å². The molecule has 1 aromatic heterocycles. The van der Waals surface area contributed by atoms with Gasteiger partial charge in [-0.25, -0.2) is 0 Å². The number of rotatable bonds is 10. The first-order valence-corrected chi connectivity index (χ1v) is 11.6. The molecule has 0 aliphatic heterocycles. The number of aromatic nitrogens is 1. The lowest BCUT2D eigenvalue weighted by Gasteiger charge is -2.30. The second-order valence-corrected chi connectivity index (χ2v) is 8.65. The van der Waals surface area contributed by atoms with Crippen LogP contribution in [0.25, 0.3) is 0 Å². The number of methoxy groups -OCH3 is 1. The van der Waals surface area contributed by atoms with Gasteiger partial charge in [-0.05, 0) is 44.4 Å². The number of ether oxygens (including phenoxy) is 1. The molecule has 31 heavy (non-hydrogen) atoms. The zero-order valence-electron chi connectivity index (χ0n) is 18.6. The largest absolute Gasteiger partial charge is 0.496 e. The van der Waals surface area contributed by atoms with Crippen LogP contribution in [0, 0.1) is 13.8 Å². The van der Waals surface area contributed by atoms with Crippen LogP contribution in [0.4, 0.5) is 0 Å². The Bertz CT molecular complexity index is 968.